The number of amides is 1. The van der Waals surface area contributed by atoms with Gasteiger partial charge in [0.2, 0.25) is 0 Å². The predicted molar refractivity (Wildman–Crippen MR) is 79.9 cm³/mol. The minimum absolute atomic E-state index is 0.0300. The highest BCUT2D eigenvalue weighted by Gasteiger charge is 2.36. The highest BCUT2D eigenvalue weighted by molar-refractivity contribution is 7.85. The lowest BCUT2D eigenvalue weighted by Gasteiger charge is -2.16. The average molecular weight is 333 g/mol. The number of ketones is 1. The molecule has 0 aromatic heterocycles. The quantitative estimate of drug-likeness (QED) is 0.648. The number of anilines is 1. The van der Waals surface area contributed by atoms with Gasteiger partial charge >= 0.3 is 0 Å². The zero-order valence-corrected chi connectivity index (χ0v) is 12.4. The van der Waals surface area contributed by atoms with E-state index in [0.29, 0.717) is 5.56 Å². The molecule has 1 heterocycles. The van der Waals surface area contributed by atoms with Gasteiger partial charge in [-0.15, -0.1) is 0 Å². The van der Waals surface area contributed by atoms with E-state index in [0.717, 1.165) is 12.1 Å². The van der Waals surface area contributed by atoms with Crippen molar-refractivity contribution >= 4 is 27.5 Å². The van der Waals surface area contributed by atoms with Crippen LogP contribution in [-0.4, -0.2) is 29.8 Å². The summed E-state index contributed by atoms with van der Waals surface area (Å²) in [5.41, 5.74) is 0.791. The number of carbonyl (C=O) groups is 2. The van der Waals surface area contributed by atoms with E-state index in [1.165, 1.54) is 23.1 Å². The number of aromatic hydroxyl groups is 1. The van der Waals surface area contributed by atoms with Gasteiger partial charge in [-0.2, -0.15) is 8.42 Å². The zero-order chi connectivity index (χ0) is 16.8. The summed E-state index contributed by atoms with van der Waals surface area (Å²) in [7, 11) is -4.46. The van der Waals surface area contributed by atoms with Crippen molar-refractivity contribution < 1.29 is 27.7 Å². The topological polar surface area (TPSA) is 112 Å². The number of hydrogen-bond donors (Lipinski definition) is 2. The molecule has 3 rings (SSSR count). The van der Waals surface area contributed by atoms with Gasteiger partial charge in [0.05, 0.1) is 22.7 Å². The maximum absolute atomic E-state index is 12.1. The van der Waals surface area contributed by atoms with Crippen molar-refractivity contribution in [1.82, 2.24) is 0 Å². The molecule has 1 aliphatic rings. The SMILES string of the molecule is O=C1C(=O)N(Cc2cccc(O)c2)c2ccc(S(=O)(=O)O)cc21. The Morgan fingerprint density at radius 1 is 1.04 bits per heavy atom. The van der Waals surface area contributed by atoms with E-state index in [2.05, 4.69) is 0 Å². The van der Waals surface area contributed by atoms with Crippen LogP contribution >= 0.6 is 0 Å². The molecule has 2 aromatic rings. The molecule has 1 amide bonds. The van der Waals surface area contributed by atoms with Crippen LogP contribution in [0.25, 0.3) is 0 Å². The first kappa shape index (κ1) is 15.2. The lowest BCUT2D eigenvalue weighted by Crippen LogP contribution is -2.29. The van der Waals surface area contributed by atoms with Gasteiger partial charge in [0.15, 0.2) is 0 Å². The molecule has 1 aliphatic heterocycles. The molecule has 0 spiro atoms. The summed E-state index contributed by atoms with van der Waals surface area (Å²) in [5.74, 6) is -1.61. The molecule has 0 radical (unpaired) electrons. The number of fused-ring (bicyclic) bond motifs is 1. The normalized spacial score (nSPS) is 14.2. The summed E-state index contributed by atoms with van der Waals surface area (Å²) < 4.78 is 31.3. The smallest absolute Gasteiger partial charge is 0.299 e. The molecule has 2 aromatic carbocycles. The number of hydrogen-bond acceptors (Lipinski definition) is 5. The molecule has 0 saturated heterocycles. The van der Waals surface area contributed by atoms with Crippen LogP contribution in [0.4, 0.5) is 5.69 Å². The van der Waals surface area contributed by atoms with E-state index in [9.17, 15) is 23.1 Å². The molecule has 0 unspecified atom stereocenters. The third kappa shape index (κ3) is 2.69. The fourth-order valence-electron chi connectivity index (χ4n) is 2.43. The maximum atomic E-state index is 12.1. The number of phenols is 1. The Morgan fingerprint density at radius 3 is 2.43 bits per heavy atom. The summed E-state index contributed by atoms with van der Waals surface area (Å²) in [5, 5.41) is 9.46. The van der Waals surface area contributed by atoms with E-state index in [1.54, 1.807) is 12.1 Å². The van der Waals surface area contributed by atoms with Crippen LogP contribution in [-0.2, 0) is 21.5 Å². The van der Waals surface area contributed by atoms with Crippen molar-refractivity contribution in [3.63, 3.8) is 0 Å². The molecule has 2 N–H and O–H groups in total. The second-order valence-corrected chi connectivity index (χ2v) is 6.47. The van der Waals surface area contributed by atoms with Crippen molar-refractivity contribution in [2.24, 2.45) is 0 Å². The van der Waals surface area contributed by atoms with Crippen molar-refractivity contribution in [2.45, 2.75) is 11.4 Å². The Bertz CT molecular complexity index is 935. The number of phenolic OH excluding ortho intramolecular Hbond substituents is 1. The van der Waals surface area contributed by atoms with Gasteiger partial charge in [0.25, 0.3) is 21.8 Å². The minimum atomic E-state index is -4.46. The lowest BCUT2D eigenvalue weighted by atomic mass is 10.1. The van der Waals surface area contributed by atoms with Gasteiger partial charge in [-0.1, -0.05) is 12.1 Å². The summed E-state index contributed by atoms with van der Waals surface area (Å²) >= 11 is 0. The van der Waals surface area contributed by atoms with E-state index >= 15 is 0 Å². The third-order valence-corrected chi connectivity index (χ3v) is 4.34. The molecular weight excluding hydrogens is 322 g/mol. The number of Topliss-reactive ketones (excluding diaryl/α,β-unsaturated/α-hetero) is 1. The van der Waals surface area contributed by atoms with Crippen LogP contribution in [0.15, 0.2) is 47.4 Å². The number of nitrogens with zero attached hydrogens (tertiary/aromatic N) is 1. The first-order valence-corrected chi connectivity index (χ1v) is 7.97. The fraction of sp³-hybridized carbons (Fsp3) is 0.0667. The number of rotatable bonds is 3. The Morgan fingerprint density at radius 2 is 1.78 bits per heavy atom. The van der Waals surface area contributed by atoms with Crippen LogP contribution in [0, 0.1) is 0 Å². The summed E-state index contributed by atoms with van der Waals surface area (Å²) in [6.07, 6.45) is 0. The predicted octanol–water partition coefficient (Wildman–Crippen LogP) is 1.37. The lowest BCUT2D eigenvalue weighted by molar-refractivity contribution is -0.114. The Kier molecular flexibility index (Phi) is 3.42. The van der Waals surface area contributed by atoms with Crippen LogP contribution in [0.5, 0.6) is 5.75 Å². The molecule has 0 atom stereocenters. The maximum Gasteiger partial charge on any atom is 0.299 e. The molecule has 0 bridgehead atoms. The van der Waals surface area contributed by atoms with Gasteiger partial charge in [0.1, 0.15) is 5.75 Å². The average Bonchev–Trinajstić information content (AvgIpc) is 2.71. The van der Waals surface area contributed by atoms with Crippen molar-refractivity contribution in [2.75, 3.05) is 4.90 Å². The molecule has 8 heteroatoms. The molecule has 7 nitrogen and oxygen atoms in total. The van der Waals surface area contributed by atoms with E-state index < -0.39 is 26.7 Å². The summed E-state index contributed by atoms with van der Waals surface area (Å²) in [6, 6.07) is 9.62. The first-order chi connectivity index (χ1) is 10.8. The van der Waals surface area contributed by atoms with Gasteiger partial charge in [-0.05, 0) is 35.9 Å². The Hall–Kier alpha value is -2.71. The van der Waals surface area contributed by atoms with Crippen molar-refractivity contribution in [3.8, 4) is 5.75 Å². The van der Waals surface area contributed by atoms with Crippen LogP contribution in [0.3, 0.4) is 0 Å². The second kappa shape index (κ2) is 5.18. The third-order valence-electron chi connectivity index (χ3n) is 3.49. The monoisotopic (exact) mass is 333 g/mol. The molecule has 0 saturated carbocycles. The molecule has 118 valence electrons. The molecule has 0 aliphatic carbocycles. The summed E-state index contributed by atoms with van der Waals surface area (Å²) in [4.78, 5) is 24.9. The van der Waals surface area contributed by atoms with Gasteiger partial charge in [-0.25, -0.2) is 0 Å². The standard InChI is InChI=1S/C15H11NO6S/c17-10-3-1-2-9(6-10)8-16-13-5-4-11(23(20,21)22)7-12(13)14(18)15(16)19/h1-7,17H,8H2,(H,20,21,22). The Labute approximate surface area is 131 Å². The van der Waals surface area contributed by atoms with Crippen LogP contribution < -0.4 is 4.90 Å². The fourth-order valence-corrected chi connectivity index (χ4v) is 2.94. The first-order valence-electron chi connectivity index (χ1n) is 6.53. The molecule has 23 heavy (non-hydrogen) atoms. The van der Waals surface area contributed by atoms with Crippen molar-refractivity contribution in [3.05, 3.63) is 53.6 Å². The zero-order valence-electron chi connectivity index (χ0n) is 11.6. The van der Waals surface area contributed by atoms with E-state index in [4.69, 9.17) is 4.55 Å². The molecule has 0 fully saturated rings. The second-order valence-electron chi connectivity index (χ2n) is 5.04. The highest BCUT2D eigenvalue weighted by Crippen LogP contribution is 2.32. The van der Waals surface area contributed by atoms with E-state index in [1.807, 2.05) is 0 Å². The van der Waals surface area contributed by atoms with Gasteiger partial charge in [0, 0.05) is 0 Å². The summed E-state index contributed by atoms with van der Waals surface area (Å²) in [6.45, 7) is 0.0528. The Balaban J connectivity index is 2.03. The van der Waals surface area contributed by atoms with Gasteiger partial charge < -0.3 is 10.0 Å². The number of carbonyl (C=O) groups excluding carboxylic acids is 2. The van der Waals surface area contributed by atoms with Crippen LogP contribution in [0.1, 0.15) is 15.9 Å². The van der Waals surface area contributed by atoms with Gasteiger partial charge in [-0.3, -0.25) is 14.1 Å². The van der Waals surface area contributed by atoms with Crippen molar-refractivity contribution in [1.29, 1.82) is 0 Å². The van der Waals surface area contributed by atoms with E-state index in [-0.39, 0.29) is 23.5 Å². The number of benzene rings is 2. The molecular formula is C15H11NO6S. The minimum Gasteiger partial charge on any atom is -0.508 e. The highest BCUT2D eigenvalue weighted by atomic mass is 32.2. The van der Waals surface area contributed by atoms with Crippen LogP contribution in [0.2, 0.25) is 0 Å². The largest absolute Gasteiger partial charge is 0.508 e.